The van der Waals surface area contributed by atoms with Crippen LogP contribution in [0.2, 0.25) is 0 Å². The molecule has 20 heavy (non-hydrogen) atoms. The Bertz CT molecular complexity index is 595. The Labute approximate surface area is 120 Å². The van der Waals surface area contributed by atoms with Gasteiger partial charge in [-0.25, -0.2) is 0 Å². The summed E-state index contributed by atoms with van der Waals surface area (Å²) < 4.78 is 5.95. The molecule has 3 heteroatoms. The van der Waals surface area contributed by atoms with E-state index >= 15 is 0 Å². The fourth-order valence-corrected chi connectivity index (χ4v) is 2.95. The average molecular weight is 270 g/mol. The Balaban J connectivity index is 1.84. The second-order valence-corrected chi connectivity index (χ2v) is 5.54. The molecular formula is C17H22N2O. The SMILES string of the molecule is CCNC1CCOC(c2ccc3nc(C)ccc3c2)C1. The van der Waals surface area contributed by atoms with Gasteiger partial charge in [0.1, 0.15) is 0 Å². The summed E-state index contributed by atoms with van der Waals surface area (Å²) in [6, 6.07) is 11.3. The highest BCUT2D eigenvalue weighted by Gasteiger charge is 2.23. The molecule has 2 aromatic rings. The van der Waals surface area contributed by atoms with Crippen molar-refractivity contribution in [1.29, 1.82) is 0 Å². The highest BCUT2D eigenvalue weighted by molar-refractivity contribution is 5.79. The number of nitrogens with zero attached hydrogens (tertiary/aromatic N) is 1. The molecule has 1 aromatic carbocycles. The van der Waals surface area contributed by atoms with Crippen molar-refractivity contribution >= 4 is 10.9 Å². The van der Waals surface area contributed by atoms with Crippen LogP contribution in [0.5, 0.6) is 0 Å². The minimum atomic E-state index is 0.207. The van der Waals surface area contributed by atoms with Crippen molar-refractivity contribution in [3.05, 3.63) is 41.6 Å². The van der Waals surface area contributed by atoms with Crippen molar-refractivity contribution < 1.29 is 4.74 Å². The van der Waals surface area contributed by atoms with Gasteiger partial charge in [-0.05, 0) is 50.1 Å². The fourth-order valence-electron chi connectivity index (χ4n) is 2.95. The topological polar surface area (TPSA) is 34.1 Å². The number of aryl methyl sites for hydroxylation is 1. The van der Waals surface area contributed by atoms with Gasteiger partial charge in [-0.2, -0.15) is 0 Å². The van der Waals surface area contributed by atoms with E-state index in [0.29, 0.717) is 6.04 Å². The van der Waals surface area contributed by atoms with E-state index in [9.17, 15) is 0 Å². The van der Waals surface area contributed by atoms with Gasteiger partial charge >= 0.3 is 0 Å². The molecule has 0 spiro atoms. The van der Waals surface area contributed by atoms with Crippen LogP contribution in [0, 0.1) is 6.92 Å². The molecule has 1 N–H and O–H groups in total. The Morgan fingerprint density at radius 1 is 1.30 bits per heavy atom. The number of nitrogens with one attached hydrogen (secondary N) is 1. The molecule has 1 aliphatic heterocycles. The van der Waals surface area contributed by atoms with E-state index in [1.165, 1.54) is 10.9 Å². The van der Waals surface area contributed by atoms with Crippen molar-refractivity contribution in [3.8, 4) is 0 Å². The number of ether oxygens (including phenoxy) is 1. The van der Waals surface area contributed by atoms with E-state index < -0.39 is 0 Å². The summed E-state index contributed by atoms with van der Waals surface area (Å²) in [5.41, 5.74) is 3.39. The first kappa shape index (κ1) is 13.5. The first-order valence-electron chi connectivity index (χ1n) is 7.48. The lowest BCUT2D eigenvalue weighted by Crippen LogP contribution is -2.35. The number of benzene rings is 1. The predicted octanol–water partition coefficient (Wildman–Crippen LogP) is 3.37. The third kappa shape index (κ3) is 2.84. The zero-order valence-corrected chi connectivity index (χ0v) is 12.2. The maximum Gasteiger partial charge on any atom is 0.0840 e. The molecule has 2 heterocycles. The van der Waals surface area contributed by atoms with Crippen molar-refractivity contribution in [1.82, 2.24) is 10.3 Å². The van der Waals surface area contributed by atoms with Crippen molar-refractivity contribution in [3.63, 3.8) is 0 Å². The molecule has 1 aromatic heterocycles. The van der Waals surface area contributed by atoms with Crippen LogP contribution in [0.3, 0.4) is 0 Å². The van der Waals surface area contributed by atoms with Crippen molar-refractivity contribution in [2.24, 2.45) is 0 Å². The van der Waals surface area contributed by atoms with Gasteiger partial charge in [0.05, 0.1) is 11.6 Å². The molecule has 0 aliphatic carbocycles. The number of fused-ring (bicyclic) bond motifs is 1. The van der Waals surface area contributed by atoms with Crippen LogP contribution in [0.25, 0.3) is 10.9 Å². The van der Waals surface area contributed by atoms with Crippen molar-refractivity contribution in [2.75, 3.05) is 13.2 Å². The standard InChI is InChI=1S/C17H22N2O/c1-3-18-15-8-9-20-17(11-15)14-6-7-16-13(10-14)5-4-12(2)19-16/h4-7,10,15,17-18H,3,8-9,11H2,1-2H3. The molecule has 1 saturated heterocycles. The molecular weight excluding hydrogens is 248 g/mol. The largest absolute Gasteiger partial charge is 0.373 e. The van der Waals surface area contributed by atoms with E-state index in [2.05, 4.69) is 47.6 Å². The van der Waals surface area contributed by atoms with Gasteiger partial charge < -0.3 is 10.1 Å². The van der Waals surface area contributed by atoms with Crippen molar-refractivity contribution in [2.45, 2.75) is 38.8 Å². The summed E-state index contributed by atoms with van der Waals surface area (Å²) >= 11 is 0. The molecule has 106 valence electrons. The number of hydrogen-bond acceptors (Lipinski definition) is 3. The van der Waals surface area contributed by atoms with Gasteiger partial charge in [-0.15, -0.1) is 0 Å². The number of rotatable bonds is 3. The van der Waals surface area contributed by atoms with Gasteiger partial charge in [-0.3, -0.25) is 4.98 Å². The molecule has 3 nitrogen and oxygen atoms in total. The van der Waals surface area contributed by atoms with E-state index in [1.807, 2.05) is 6.92 Å². The summed E-state index contributed by atoms with van der Waals surface area (Å²) in [6.45, 7) is 6.05. The molecule has 1 aliphatic rings. The minimum absolute atomic E-state index is 0.207. The normalized spacial score (nSPS) is 23.1. The predicted molar refractivity (Wildman–Crippen MR) is 81.9 cm³/mol. The summed E-state index contributed by atoms with van der Waals surface area (Å²) in [7, 11) is 0. The van der Waals surface area contributed by atoms with E-state index in [0.717, 1.165) is 37.2 Å². The Kier molecular flexibility index (Phi) is 3.99. The third-order valence-electron chi connectivity index (χ3n) is 4.00. The minimum Gasteiger partial charge on any atom is -0.373 e. The van der Waals surface area contributed by atoms with Crippen LogP contribution in [0.15, 0.2) is 30.3 Å². The van der Waals surface area contributed by atoms with Gasteiger partial charge in [0.15, 0.2) is 0 Å². The van der Waals surface area contributed by atoms with E-state index in [4.69, 9.17) is 4.74 Å². The molecule has 2 unspecified atom stereocenters. The molecule has 0 bridgehead atoms. The quantitative estimate of drug-likeness (QED) is 0.928. The van der Waals surface area contributed by atoms with Crippen LogP contribution >= 0.6 is 0 Å². The first-order valence-corrected chi connectivity index (χ1v) is 7.48. The van der Waals surface area contributed by atoms with Gasteiger partial charge in [0.25, 0.3) is 0 Å². The molecule has 1 fully saturated rings. The zero-order valence-electron chi connectivity index (χ0n) is 12.2. The van der Waals surface area contributed by atoms with Gasteiger partial charge in [-0.1, -0.05) is 19.1 Å². The molecule has 0 saturated carbocycles. The molecule has 0 radical (unpaired) electrons. The van der Waals surface area contributed by atoms with Gasteiger partial charge in [0.2, 0.25) is 0 Å². The van der Waals surface area contributed by atoms with Crippen LogP contribution < -0.4 is 5.32 Å². The summed E-state index contributed by atoms with van der Waals surface area (Å²) in [6.07, 6.45) is 2.37. The third-order valence-corrected chi connectivity index (χ3v) is 4.00. The highest BCUT2D eigenvalue weighted by atomic mass is 16.5. The maximum absolute atomic E-state index is 5.95. The van der Waals surface area contributed by atoms with Crippen LogP contribution in [0.4, 0.5) is 0 Å². The van der Waals surface area contributed by atoms with E-state index in [-0.39, 0.29) is 6.10 Å². The zero-order chi connectivity index (χ0) is 13.9. The lowest BCUT2D eigenvalue weighted by Gasteiger charge is -2.30. The molecule has 0 amide bonds. The van der Waals surface area contributed by atoms with Crippen LogP contribution in [-0.2, 0) is 4.74 Å². The summed E-state index contributed by atoms with van der Waals surface area (Å²) in [4.78, 5) is 4.55. The lowest BCUT2D eigenvalue weighted by molar-refractivity contribution is 0.000667. The fraction of sp³-hybridized carbons (Fsp3) is 0.471. The number of hydrogen-bond donors (Lipinski definition) is 1. The highest BCUT2D eigenvalue weighted by Crippen LogP contribution is 2.29. The Hall–Kier alpha value is -1.45. The van der Waals surface area contributed by atoms with E-state index in [1.54, 1.807) is 0 Å². The maximum atomic E-state index is 5.95. The molecule has 3 rings (SSSR count). The average Bonchev–Trinajstić information content (AvgIpc) is 2.47. The Morgan fingerprint density at radius 2 is 2.20 bits per heavy atom. The van der Waals surface area contributed by atoms with Crippen LogP contribution in [0.1, 0.15) is 37.1 Å². The second-order valence-electron chi connectivity index (χ2n) is 5.54. The lowest BCUT2D eigenvalue weighted by atomic mass is 9.96. The first-order chi connectivity index (χ1) is 9.76. The number of pyridine rings is 1. The molecule has 2 atom stereocenters. The summed E-state index contributed by atoms with van der Waals surface area (Å²) in [5.74, 6) is 0. The smallest absolute Gasteiger partial charge is 0.0840 e. The van der Waals surface area contributed by atoms with Crippen LogP contribution in [-0.4, -0.2) is 24.2 Å². The monoisotopic (exact) mass is 270 g/mol. The van der Waals surface area contributed by atoms with Gasteiger partial charge in [0, 0.05) is 23.7 Å². The summed E-state index contributed by atoms with van der Waals surface area (Å²) in [5, 5.41) is 4.73. The second kappa shape index (κ2) is 5.90. The number of aromatic nitrogens is 1. The Morgan fingerprint density at radius 3 is 3.05 bits per heavy atom.